The summed E-state index contributed by atoms with van der Waals surface area (Å²) in [4.78, 5) is 23.9. The summed E-state index contributed by atoms with van der Waals surface area (Å²) >= 11 is 0. The molecule has 1 heterocycles. The van der Waals surface area contributed by atoms with Crippen molar-refractivity contribution in [2.75, 3.05) is 44.4 Å². The molecule has 1 saturated heterocycles. The number of likely N-dealkylation sites (N-methyl/N-ethyl adjacent to an activating group) is 2. The molecule has 0 spiro atoms. The van der Waals surface area contributed by atoms with Gasteiger partial charge in [-0.2, -0.15) is 0 Å². The molecule has 0 aliphatic carbocycles. The Labute approximate surface area is 154 Å². The second kappa shape index (κ2) is 7.45. The molecule has 1 aliphatic heterocycles. The van der Waals surface area contributed by atoms with Crippen LogP contribution in [0.2, 0.25) is 0 Å². The first-order valence-corrected chi connectivity index (χ1v) is 9.75. The van der Waals surface area contributed by atoms with Gasteiger partial charge in [-0.15, -0.1) is 0 Å². The number of anilines is 3. The summed E-state index contributed by atoms with van der Waals surface area (Å²) in [6.07, 6.45) is 0. The third kappa shape index (κ3) is 3.96. The topological polar surface area (TPSA) is 73.9 Å². The second-order valence-electron chi connectivity index (χ2n) is 7.12. The summed E-state index contributed by atoms with van der Waals surface area (Å²) in [5.74, 6) is 0. The molecule has 2 N–H and O–H groups in total. The quantitative estimate of drug-likeness (QED) is 0.568. The van der Waals surface area contributed by atoms with E-state index in [-0.39, 0.29) is 0 Å². The van der Waals surface area contributed by atoms with Crippen molar-refractivity contribution in [1.82, 2.24) is 9.34 Å². The minimum atomic E-state index is -0.800. The molecule has 1 aliphatic rings. The van der Waals surface area contributed by atoms with Gasteiger partial charge in [0.2, 0.25) is 0 Å². The van der Waals surface area contributed by atoms with Crippen LogP contribution in [0.5, 0.6) is 0 Å². The Morgan fingerprint density at radius 3 is 2.23 bits per heavy atom. The summed E-state index contributed by atoms with van der Waals surface area (Å²) < 4.78 is 10.7. The van der Waals surface area contributed by atoms with Crippen molar-refractivity contribution < 1.29 is 4.52 Å². The van der Waals surface area contributed by atoms with Crippen LogP contribution in [0.1, 0.15) is 13.8 Å². The summed E-state index contributed by atoms with van der Waals surface area (Å²) in [6.45, 7) is 6.36. The molecular weight excluding hydrogens is 351 g/mol. The molecule has 2 aromatic rings. The number of hydrogen-bond acceptors (Lipinski definition) is 7. The van der Waals surface area contributed by atoms with E-state index in [0.717, 1.165) is 18.8 Å². The lowest BCUT2D eigenvalue weighted by atomic mass is 10.1. The molecular formula is C18H25N4O3P. The number of nitrogens with one attached hydrogen (secondary N) is 2. The fourth-order valence-electron chi connectivity index (χ4n) is 2.76. The van der Waals surface area contributed by atoms with E-state index >= 15 is 0 Å². The van der Waals surface area contributed by atoms with Crippen LogP contribution < -0.4 is 21.5 Å². The highest BCUT2D eigenvalue weighted by Gasteiger charge is 2.34. The van der Waals surface area contributed by atoms with E-state index in [1.807, 2.05) is 44.2 Å². The molecule has 8 heteroatoms. The fraction of sp³-hybridized carbons (Fsp3) is 0.444. The average Bonchev–Trinajstić information content (AvgIpc) is 2.93. The molecule has 140 valence electrons. The van der Waals surface area contributed by atoms with Gasteiger partial charge in [-0.05, 0) is 40.1 Å². The fourth-order valence-corrected chi connectivity index (χ4v) is 4.59. The average molecular weight is 376 g/mol. The van der Waals surface area contributed by atoms with Gasteiger partial charge in [0.1, 0.15) is 11.4 Å². The Hall–Kier alpha value is -1.79. The normalized spacial score (nSPS) is 17.1. The Balaban J connectivity index is 1.65. The van der Waals surface area contributed by atoms with Gasteiger partial charge in [-0.1, -0.05) is 18.2 Å². The van der Waals surface area contributed by atoms with Crippen molar-refractivity contribution in [3.05, 3.63) is 50.8 Å². The van der Waals surface area contributed by atoms with E-state index < -0.39 is 24.9 Å². The highest BCUT2D eigenvalue weighted by molar-refractivity contribution is 7.47. The van der Waals surface area contributed by atoms with Gasteiger partial charge in [0, 0.05) is 25.3 Å². The highest BCUT2D eigenvalue weighted by atomic mass is 31.2. The van der Waals surface area contributed by atoms with E-state index in [2.05, 4.69) is 34.1 Å². The minimum absolute atomic E-state index is 0.317. The number of rotatable bonds is 7. The first-order chi connectivity index (χ1) is 12.3. The zero-order valence-electron chi connectivity index (χ0n) is 15.6. The third-order valence-corrected chi connectivity index (χ3v) is 6.53. The number of benzene rings is 1. The molecule has 2 aromatic carbocycles. The maximum absolute atomic E-state index is 12.0. The van der Waals surface area contributed by atoms with Crippen LogP contribution in [0.4, 0.5) is 17.1 Å². The van der Waals surface area contributed by atoms with Crippen LogP contribution in [-0.4, -0.2) is 48.7 Å². The zero-order chi connectivity index (χ0) is 18.9. The lowest BCUT2D eigenvalue weighted by Gasteiger charge is -2.34. The van der Waals surface area contributed by atoms with E-state index in [1.165, 1.54) is 0 Å². The van der Waals surface area contributed by atoms with Crippen molar-refractivity contribution in [1.29, 1.82) is 0 Å². The molecule has 3 rings (SSSR count). The number of nitrogens with zero attached hydrogens (tertiary/aromatic N) is 2. The standard InChI is InChI=1S/C18H25N4O3P/c1-18(2,25-26-21(3)10-11-22(26)4)12-19-14-15(17(24)16(14)23)20-13-8-6-5-7-9-13/h5-9,19-20H,10-12H2,1-4H3. The van der Waals surface area contributed by atoms with E-state index in [4.69, 9.17) is 4.52 Å². The number of para-hydroxylation sites is 1. The van der Waals surface area contributed by atoms with Crippen LogP contribution in [0.3, 0.4) is 0 Å². The maximum atomic E-state index is 12.0. The minimum Gasteiger partial charge on any atom is -0.377 e. The Morgan fingerprint density at radius 1 is 1.04 bits per heavy atom. The third-order valence-electron chi connectivity index (χ3n) is 4.30. The Bertz CT molecular complexity index is 823. The van der Waals surface area contributed by atoms with E-state index in [0.29, 0.717) is 17.9 Å². The monoisotopic (exact) mass is 376 g/mol. The van der Waals surface area contributed by atoms with Crippen LogP contribution in [0, 0.1) is 0 Å². The van der Waals surface area contributed by atoms with E-state index in [9.17, 15) is 9.59 Å². The molecule has 26 heavy (non-hydrogen) atoms. The van der Waals surface area contributed by atoms with Crippen LogP contribution in [-0.2, 0) is 4.52 Å². The van der Waals surface area contributed by atoms with Gasteiger partial charge in [-0.3, -0.25) is 9.59 Å². The van der Waals surface area contributed by atoms with Crippen LogP contribution in [0.25, 0.3) is 0 Å². The predicted octanol–water partition coefficient (Wildman–Crippen LogP) is 2.34. The lowest BCUT2D eigenvalue weighted by molar-refractivity contribution is 0.125. The highest BCUT2D eigenvalue weighted by Crippen LogP contribution is 2.50. The van der Waals surface area contributed by atoms with Crippen molar-refractivity contribution >= 4 is 25.5 Å². The first-order valence-electron chi connectivity index (χ1n) is 8.59. The van der Waals surface area contributed by atoms with Gasteiger partial charge in [0.25, 0.3) is 10.9 Å². The van der Waals surface area contributed by atoms with Crippen molar-refractivity contribution in [3.8, 4) is 0 Å². The molecule has 0 bridgehead atoms. The van der Waals surface area contributed by atoms with Gasteiger partial charge in [0.05, 0.1) is 5.60 Å². The number of hydrogen-bond donors (Lipinski definition) is 2. The van der Waals surface area contributed by atoms with Gasteiger partial charge in [-0.25, -0.2) is 9.34 Å². The second-order valence-corrected chi connectivity index (χ2v) is 9.17. The maximum Gasteiger partial charge on any atom is 0.253 e. The summed E-state index contributed by atoms with van der Waals surface area (Å²) in [5, 5.41) is 6.13. The summed E-state index contributed by atoms with van der Waals surface area (Å²) in [7, 11) is 3.31. The molecule has 0 unspecified atom stereocenters. The van der Waals surface area contributed by atoms with Crippen LogP contribution in [0.15, 0.2) is 39.9 Å². The van der Waals surface area contributed by atoms with E-state index in [1.54, 1.807) is 0 Å². The van der Waals surface area contributed by atoms with Crippen molar-refractivity contribution in [2.24, 2.45) is 0 Å². The van der Waals surface area contributed by atoms with Gasteiger partial charge >= 0.3 is 0 Å². The summed E-state index contributed by atoms with van der Waals surface area (Å²) in [6, 6.07) is 9.33. The Kier molecular flexibility index (Phi) is 5.44. The molecule has 0 amide bonds. The predicted molar refractivity (Wildman–Crippen MR) is 107 cm³/mol. The lowest BCUT2D eigenvalue weighted by Crippen LogP contribution is -2.41. The smallest absolute Gasteiger partial charge is 0.253 e. The van der Waals surface area contributed by atoms with Crippen LogP contribution >= 0.6 is 8.45 Å². The van der Waals surface area contributed by atoms with Gasteiger partial charge in [0.15, 0.2) is 8.45 Å². The SMILES string of the molecule is CN1CCN(C)P1OC(C)(C)CNc1c(Nc2ccccc2)c(=O)c1=O. The molecule has 0 saturated carbocycles. The summed E-state index contributed by atoms with van der Waals surface area (Å²) in [5.41, 5.74) is -0.0395. The van der Waals surface area contributed by atoms with Crippen molar-refractivity contribution in [3.63, 3.8) is 0 Å². The molecule has 0 aromatic heterocycles. The Morgan fingerprint density at radius 2 is 1.62 bits per heavy atom. The largest absolute Gasteiger partial charge is 0.377 e. The molecule has 7 nitrogen and oxygen atoms in total. The molecule has 0 atom stereocenters. The molecule has 0 radical (unpaired) electrons. The molecule has 1 fully saturated rings. The van der Waals surface area contributed by atoms with Gasteiger partial charge < -0.3 is 15.2 Å². The first kappa shape index (κ1) is 19.0. The zero-order valence-corrected chi connectivity index (χ0v) is 16.5. The van der Waals surface area contributed by atoms with Crippen molar-refractivity contribution in [2.45, 2.75) is 19.4 Å².